The number of benzene rings is 1. The fraction of sp³-hybridized carbons (Fsp3) is 0.500. The van der Waals surface area contributed by atoms with Crippen LogP contribution in [0.4, 0.5) is 5.69 Å². The molecule has 20 heavy (non-hydrogen) atoms. The molecule has 0 saturated heterocycles. The van der Waals surface area contributed by atoms with Gasteiger partial charge in [-0.2, -0.15) is 0 Å². The molecule has 1 aromatic carbocycles. The molecule has 1 atom stereocenters. The van der Waals surface area contributed by atoms with Gasteiger partial charge in [-0.25, -0.2) is 4.79 Å². The van der Waals surface area contributed by atoms with Gasteiger partial charge in [0.15, 0.2) is 6.17 Å². The first-order chi connectivity index (χ1) is 9.23. The molecular weight excluding hydrogens is 280 g/mol. The molecule has 0 aliphatic heterocycles. The first-order valence-corrected chi connectivity index (χ1v) is 6.78. The highest BCUT2D eigenvalue weighted by atomic mass is 35.5. The van der Waals surface area contributed by atoms with Crippen LogP contribution < -0.4 is 15.8 Å². The lowest BCUT2D eigenvalue weighted by Gasteiger charge is -2.23. The lowest BCUT2D eigenvalue weighted by molar-refractivity contribution is -0.155. The first kappa shape index (κ1) is 16.6. The van der Waals surface area contributed by atoms with Crippen molar-refractivity contribution in [1.29, 1.82) is 0 Å². The quantitative estimate of drug-likeness (QED) is 0.646. The van der Waals surface area contributed by atoms with Crippen LogP contribution in [0.15, 0.2) is 18.2 Å². The Morgan fingerprint density at radius 1 is 1.45 bits per heavy atom. The molecule has 0 heterocycles. The number of hydrogen-bond donors (Lipinski definition) is 2. The predicted molar refractivity (Wildman–Crippen MR) is 80.1 cm³/mol. The van der Waals surface area contributed by atoms with E-state index in [1.807, 2.05) is 6.92 Å². The molecule has 1 rings (SSSR count). The van der Waals surface area contributed by atoms with Gasteiger partial charge in [-0.3, -0.25) is 0 Å². The SMILES string of the molecule is CCOc1cc(Cl)ccc1NC(N)C(=O)OC(C)(C)C. The van der Waals surface area contributed by atoms with Crippen molar-refractivity contribution in [2.24, 2.45) is 5.73 Å². The van der Waals surface area contributed by atoms with Crippen LogP contribution in [0.3, 0.4) is 0 Å². The maximum Gasteiger partial charge on any atom is 0.344 e. The highest BCUT2D eigenvalue weighted by Crippen LogP contribution is 2.28. The first-order valence-electron chi connectivity index (χ1n) is 6.40. The highest BCUT2D eigenvalue weighted by Gasteiger charge is 2.22. The number of ether oxygens (including phenoxy) is 2. The molecule has 5 nitrogen and oxygen atoms in total. The molecule has 0 fully saturated rings. The van der Waals surface area contributed by atoms with E-state index in [1.165, 1.54) is 0 Å². The maximum absolute atomic E-state index is 11.8. The summed E-state index contributed by atoms with van der Waals surface area (Å²) in [6, 6.07) is 5.06. The van der Waals surface area contributed by atoms with Gasteiger partial charge in [0.25, 0.3) is 0 Å². The third-order valence-electron chi connectivity index (χ3n) is 2.22. The molecule has 0 radical (unpaired) electrons. The highest BCUT2D eigenvalue weighted by molar-refractivity contribution is 6.30. The van der Waals surface area contributed by atoms with Gasteiger partial charge in [0, 0.05) is 11.1 Å². The topological polar surface area (TPSA) is 73.6 Å². The van der Waals surface area contributed by atoms with Gasteiger partial charge >= 0.3 is 5.97 Å². The van der Waals surface area contributed by atoms with Crippen LogP contribution in [0, 0.1) is 0 Å². The summed E-state index contributed by atoms with van der Waals surface area (Å²) in [5.74, 6) is 0.00825. The molecule has 0 bridgehead atoms. The van der Waals surface area contributed by atoms with E-state index < -0.39 is 17.7 Å². The molecule has 0 spiro atoms. The van der Waals surface area contributed by atoms with E-state index in [4.69, 9.17) is 26.8 Å². The standard InChI is InChI=1S/C14H21ClN2O3/c1-5-19-11-8-9(15)6-7-10(11)17-12(16)13(18)20-14(2,3)4/h6-8,12,17H,5,16H2,1-4H3. The molecule has 1 unspecified atom stereocenters. The zero-order valence-electron chi connectivity index (χ0n) is 12.2. The number of nitrogens with one attached hydrogen (secondary N) is 1. The van der Waals surface area contributed by atoms with E-state index in [1.54, 1.807) is 39.0 Å². The Balaban J connectivity index is 2.79. The normalized spacial score (nSPS) is 12.7. The van der Waals surface area contributed by atoms with Crippen molar-refractivity contribution in [3.63, 3.8) is 0 Å². The van der Waals surface area contributed by atoms with Crippen LogP contribution in [0.5, 0.6) is 5.75 Å². The Morgan fingerprint density at radius 2 is 2.10 bits per heavy atom. The number of anilines is 1. The molecule has 0 amide bonds. The minimum absolute atomic E-state index is 0.483. The van der Waals surface area contributed by atoms with E-state index in [0.717, 1.165) is 0 Å². The third kappa shape index (κ3) is 5.27. The lowest BCUT2D eigenvalue weighted by atomic mass is 10.2. The zero-order chi connectivity index (χ0) is 15.3. The van der Waals surface area contributed by atoms with E-state index in [0.29, 0.717) is 23.1 Å². The minimum atomic E-state index is -0.977. The van der Waals surface area contributed by atoms with Gasteiger partial charge in [-0.15, -0.1) is 0 Å². The summed E-state index contributed by atoms with van der Waals surface area (Å²) < 4.78 is 10.6. The summed E-state index contributed by atoms with van der Waals surface area (Å²) >= 11 is 5.91. The van der Waals surface area contributed by atoms with Crippen LogP contribution in [0.25, 0.3) is 0 Å². The van der Waals surface area contributed by atoms with Gasteiger partial charge in [-0.05, 0) is 39.8 Å². The molecule has 0 aliphatic rings. The molecule has 6 heteroatoms. The van der Waals surface area contributed by atoms with Crippen molar-refractivity contribution in [3.05, 3.63) is 23.2 Å². The van der Waals surface area contributed by atoms with Gasteiger partial charge in [0.1, 0.15) is 11.4 Å². The Morgan fingerprint density at radius 3 is 2.65 bits per heavy atom. The number of halogens is 1. The van der Waals surface area contributed by atoms with E-state index in [9.17, 15) is 4.79 Å². The van der Waals surface area contributed by atoms with E-state index in [2.05, 4.69) is 5.32 Å². The van der Waals surface area contributed by atoms with Crippen molar-refractivity contribution in [1.82, 2.24) is 0 Å². The lowest BCUT2D eigenvalue weighted by Crippen LogP contribution is -2.42. The second kappa shape index (κ2) is 6.81. The Bertz CT molecular complexity index is 472. The number of hydrogen-bond acceptors (Lipinski definition) is 5. The summed E-state index contributed by atoms with van der Waals surface area (Å²) in [6.45, 7) is 7.69. The predicted octanol–water partition coefficient (Wildman–Crippen LogP) is 2.78. The van der Waals surface area contributed by atoms with Crippen molar-refractivity contribution in [3.8, 4) is 5.75 Å². The Kier molecular flexibility index (Phi) is 5.65. The number of carbonyl (C=O) groups excluding carboxylic acids is 1. The van der Waals surface area contributed by atoms with Gasteiger partial charge in [-0.1, -0.05) is 11.6 Å². The number of esters is 1. The van der Waals surface area contributed by atoms with Crippen molar-refractivity contribution >= 4 is 23.3 Å². The molecule has 0 aromatic heterocycles. The monoisotopic (exact) mass is 300 g/mol. The summed E-state index contributed by atoms with van der Waals surface area (Å²) in [5, 5.41) is 3.41. The van der Waals surface area contributed by atoms with Crippen LogP contribution in [0.1, 0.15) is 27.7 Å². The second-order valence-electron chi connectivity index (χ2n) is 5.23. The molecule has 112 valence electrons. The molecule has 0 saturated carbocycles. The van der Waals surface area contributed by atoms with Crippen molar-refractivity contribution in [2.75, 3.05) is 11.9 Å². The summed E-state index contributed by atoms with van der Waals surface area (Å²) in [7, 11) is 0. The average Bonchev–Trinajstić information content (AvgIpc) is 2.30. The fourth-order valence-electron chi connectivity index (χ4n) is 1.48. The molecule has 0 aliphatic carbocycles. The van der Waals surface area contributed by atoms with Crippen LogP contribution in [-0.4, -0.2) is 24.3 Å². The van der Waals surface area contributed by atoms with Crippen molar-refractivity contribution in [2.45, 2.75) is 39.5 Å². The fourth-order valence-corrected chi connectivity index (χ4v) is 1.64. The smallest absolute Gasteiger partial charge is 0.344 e. The van der Waals surface area contributed by atoms with E-state index in [-0.39, 0.29) is 0 Å². The van der Waals surface area contributed by atoms with Crippen LogP contribution >= 0.6 is 11.6 Å². The van der Waals surface area contributed by atoms with Gasteiger partial charge < -0.3 is 20.5 Å². The second-order valence-corrected chi connectivity index (χ2v) is 5.67. The number of nitrogens with two attached hydrogens (primary N) is 1. The van der Waals surface area contributed by atoms with Crippen LogP contribution in [0.2, 0.25) is 5.02 Å². The molecule has 1 aromatic rings. The number of carbonyl (C=O) groups is 1. The van der Waals surface area contributed by atoms with Gasteiger partial charge in [0.2, 0.25) is 0 Å². The minimum Gasteiger partial charge on any atom is -0.492 e. The van der Waals surface area contributed by atoms with Crippen LogP contribution in [-0.2, 0) is 9.53 Å². The molecule has 3 N–H and O–H groups in total. The third-order valence-corrected chi connectivity index (χ3v) is 2.45. The summed E-state index contributed by atoms with van der Waals surface area (Å²) in [6.07, 6.45) is -0.977. The van der Waals surface area contributed by atoms with Crippen molar-refractivity contribution < 1.29 is 14.3 Å². The maximum atomic E-state index is 11.8. The van der Waals surface area contributed by atoms with E-state index >= 15 is 0 Å². The number of rotatable bonds is 5. The largest absolute Gasteiger partial charge is 0.492 e. The Hall–Kier alpha value is -1.46. The average molecular weight is 301 g/mol. The molecular formula is C14H21ClN2O3. The summed E-state index contributed by atoms with van der Waals surface area (Å²) in [5.41, 5.74) is 5.79. The zero-order valence-corrected chi connectivity index (χ0v) is 13.0. The van der Waals surface area contributed by atoms with Gasteiger partial charge in [0.05, 0.1) is 12.3 Å². The Labute approximate surface area is 124 Å². The summed E-state index contributed by atoms with van der Waals surface area (Å²) in [4.78, 5) is 11.8.